The van der Waals surface area contributed by atoms with Crippen LogP contribution in [0.25, 0.3) is 17.1 Å². The van der Waals surface area contributed by atoms with Gasteiger partial charge in [-0.3, -0.25) is 9.69 Å². The van der Waals surface area contributed by atoms with Gasteiger partial charge in [0.25, 0.3) is 0 Å². The number of aromatic nitrogens is 2. The van der Waals surface area contributed by atoms with Gasteiger partial charge in [0.1, 0.15) is 5.65 Å². The summed E-state index contributed by atoms with van der Waals surface area (Å²) >= 11 is 0. The third-order valence-electron chi connectivity index (χ3n) is 6.62. The number of pyridine rings is 1. The summed E-state index contributed by atoms with van der Waals surface area (Å²) in [6.07, 6.45) is 11.6. The van der Waals surface area contributed by atoms with E-state index in [0.29, 0.717) is 5.65 Å². The molecule has 1 fully saturated rings. The van der Waals surface area contributed by atoms with Crippen molar-refractivity contribution in [3.05, 3.63) is 70.2 Å². The van der Waals surface area contributed by atoms with E-state index in [9.17, 15) is 9.59 Å². The average Bonchev–Trinajstić information content (AvgIpc) is 3.57. The highest BCUT2D eigenvalue weighted by Gasteiger charge is 2.37. The summed E-state index contributed by atoms with van der Waals surface area (Å²) < 4.78 is 11.1. The van der Waals surface area contributed by atoms with Crippen LogP contribution in [-0.2, 0) is 19.1 Å². The number of hydrogen-bond donors (Lipinski definition) is 2. The molecule has 182 valence electrons. The zero-order valence-corrected chi connectivity index (χ0v) is 20.1. The van der Waals surface area contributed by atoms with Crippen molar-refractivity contribution >= 4 is 28.9 Å². The first-order chi connectivity index (χ1) is 17.0. The number of carbonyl (C=O) groups is 2. The third-order valence-corrected chi connectivity index (χ3v) is 6.62. The number of ether oxygens (including phenoxy) is 2. The average molecular weight is 475 g/mol. The van der Waals surface area contributed by atoms with E-state index in [4.69, 9.17) is 9.47 Å². The summed E-state index contributed by atoms with van der Waals surface area (Å²) in [6, 6.07) is 3.74. The lowest BCUT2D eigenvalue weighted by Crippen LogP contribution is -2.25. The number of aromatic amines is 1. The van der Waals surface area contributed by atoms with Crippen molar-refractivity contribution in [1.29, 1.82) is 0 Å². The van der Waals surface area contributed by atoms with E-state index in [1.807, 2.05) is 19.1 Å². The van der Waals surface area contributed by atoms with Gasteiger partial charge in [-0.05, 0) is 76.4 Å². The molecule has 5 rings (SSSR count). The lowest BCUT2D eigenvalue weighted by atomic mass is 9.96. The number of rotatable bonds is 7. The lowest BCUT2D eigenvalue weighted by molar-refractivity contribution is -0.139. The number of likely N-dealkylation sites (tertiary alicyclic amines) is 1. The first-order valence-corrected chi connectivity index (χ1v) is 12.2. The molecular weight excluding hydrogens is 444 g/mol. The highest BCUT2D eigenvalue weighted by Crippen LogP contribution is 2.31. The van der Waals surface area contributed by atoms with Gasteiger partial charge in [0.15, 0.2) is 11.3 Å². The minimum atomic E-state index is -0.691. The Morgan fingerprint density at radius 2 is 2.14 bits per heavy atom. The Bertz CT molecular complexity index is 1290. The molecule has 0 radical (unpaired) electrons. The second kappa shape index (κ2) is 9.92. The van der Waals surface area contributed by atoms with E-state index in [2.05, 4.69) is 26.3 Å². The molecule has 8 heteroatoms. The number of H-pyrrole nitrogens is 1. The summed E-state index contributed by atoms with van der Waals surface area (Å²) in [7, 11) is 0. The fourth-order valence-corrected chi connectivity index (χ4v) is 4.84. The maximum absolute atomic E-state index is 13.2. The normalized spacial score (nSPS) is 20.1. The molecule has 2 N–H and O–H groups in total. The molecule has 2 aromatic rings. The standard InChI is InChI=1S/C27H30N4O4/c1-3-34-27(33)23-24(32)22(14-19-15-29-25-20(19)7-6-10-28-25)35-26(23)30-21-9-8-18(13-17(21)2)16-31-11-4-5-12-31/h6-7,10,13-15,30H,3-5,8-9,11-12,16H2,1-2H3,(H,28,29)/b22-14-. The number of esters is 1. The van der Waals surface area contributed by atoms with Gasteiger partial charge >= 0.3 is 5.97 Å². The fraction of sp³-hybridized carbons (Fsp3) is 0.370. The number of nitrogens with one attached hydrogen (secondary N) is 2. The predicted octanol–water partition coefficient (Wildman–Crippen LogP) is 3.96. The molecule has 3 aliphatic rings. The van der Waals surface area contributed by atoms with Gasteiger partial charge in [0.05, 0.1) is 6.61 Å². The van der Waals surface area contributed by atoms with E-state index in [1.165, 1.54) is 31.5 Å². The molecule has 35 heavy (non-hydrogen) atoms. The number of fused-ring (bicyclic) bond motifs is 1. The molecule has 0 unspecified atom stereocenters. The number of ketones is 1. The summed E-state index contributed by atoms with van der Waals surface area (Å²) in [5.74, 6) is -0.991. The molecule has 8 nitrogen and oxygen atoms in total. The summed E-state index contributed by atoms with van der Waals surface area (Å²) in [5.41, 5.74) is 4.79. The molecule has 4 heterocycles. The van der Waals surface area contributed by atoms with Gasteiger partial charge in [-0.15, -0.1) is 0 Å². The molecule has 2 aliphatic heterocycles. The number of Topliss-reactive ketones (excluding diaryl/α,β-unsaturated/α-hetero) is 1. The molecule has 0 amide bonds. The van der Waals surface area contributed by atoms with Crippen LogP contribution in [0.5, 0.6) is 0 Å². The second-order valence-electron chi connectivity index (χ2n) is 9.08. The molecule has 0 atom stereocenters. The first kappa shape index (κ1) is 23.1. The smallest absolute Gasteiger partial charge is 0.347 e. The maximum atomic E-state index is 13.2. The molecule has 0 spiro atoms. The molecule has 2 aromatic heterocycles. The van der Waals surface area contributed by atoms with E-state index < -0.39 is 11.8 Å². The maximum Gasteiger partial charge on any atom is 0.347 e. The Kier molecular flexibility index (Phi) is 6.55. The van der Waals surface area contributed by atoms with Gasteiger partial charge in [-0.25, -0.2) is 9.78 Å². The van der Waals surface area contributed by atoms with Crippen LogP contribution >= 0.6 is 0 Å². The molecule has 1 saturated heterocycles. The Labute approximate surface area is 204 Å². The second-order valence-corrected chi connectivity index (χ2v) is 9.08. The highest BCUT2D eigenvalue weighted by molar-refractivity contribution is 6.26. The van der Waals surface area contributed by atoms with E-state index in [0.717, 1.165) is 41.6 Å². The zero-order chi connectivity index (χ0) is 24.4. The van der Waals surface area contributed by atoms with Gasteiger partial charge in [-0.1, -0.05) is 11.6 Å². The highest BCUT2D eigenvalue weighted by atomic mass is 16.5. The summed E-state index contributed by atoms with van der Waals surface area (Å²) in [4.78, 5) is 35.8. The van der Waals surface area contributed by atoms with Crippen molar-refractivity contribution in [2.45, 2.75) is 39.5 Å². The topological polar surface area (TPSA) is 96.6 Å². The number of nitrogens with zero attached hydrogens (tertiary/aromatic N) is 2. The Hall–Kier alpha value is -3.65. The molecule has 0 bridgehead atoms. The Morgan fingerprint density at radius 3 is 2.91 bits per heavy atom. The summed E-state index contributed by atoms with van der Waals surface area (Å²) in [6.45, 7) is 7.25. The zero-order valence-electron chi connectivity index (χ0n) is 20.1. The van der Waals surface area contributed by atoms with Crippen molar-refractivity contribution in [2.24, 2.45) is 0 Å². The van der Waals surface area contributed by atoms with Crippen LogP contribution < -0.4 is 5.32 Å². The minimum Gasteiger partial charge on any atom is -0.462 e. The monoisotopic (exact) mass is 474 g/mol. The predicted molar refractivity (Wildman–Crippen MR) is 133 cm³/mol. The molecule has 0 aromatic carbocycles. The van der Waals surface area contributed by atoms with Gasteiger partial charge in [0.2, 0.25) is 11.7 Å². The molecular formula is C27H30N4O4. The Morgan fingerprint density at radius 1 is 1.31 bits per heavy atom. The SMILES string of the molecule is CCOC(=O)C1=C(NC2=C(C)C=C(CN3CCCC3)CC2)O/C(=C\c2c[nH]c3ncccc23)C1=O. The summed E-state index contributed by atoms with van der Waals surface area (Å²) in [5, 5.41) is 4.10. The Balaban J connectivity index is 1.41. The van der Waals surface area contributed by atoms with Gasteiger partial charge in [-0.2, -0.15) is 0 Å². The van der Waals surface area contributed by atoms with Crippen molar-refractivity contribution in [1.82, 2.24) is 20.2 Å². The van der Waals surface area contributed by atoms with Crippen LogP contribution in [0, 0.1) is 0 Å². The lowest BCUT2D eigenvalue weighted by Gasteiger charge is -2.23. The van der Waals surface area contributed by atoms with Crippen molar-refractivity contribution in [3.8, 4) is 0 Å². The van der Waals surface area contributed by atoms with Crippen molar-refractivity contribution in [2.75, 3.05) is 26.2 Å². The van der Waals surface area contributed by atoms with Crippen LogP contribution in [0.1, 0.15) is 45.1 Å². The number of allylic oxidation sites excluding steroid dienone is 4. The van der Waals surface area contributed by atoms with Crippen LogP contribution in [0.3, 0.4) is 0 Å². The third kappa shape index (κ3) is 4.79. The quantitative estimate of drug-likeness (QED) is 0.356. The van der Waals surface area contributed by atoms with E-state index in [-0.39, 0.29) is 23.8 Å². The van der Waals surface area contributed by atoms with Crippen LogP contribution in [0.4, 0.5) is 0 Å². The molecule has 1 aliphatic carbocycles. The van der Waals surface area contributed by atoms with Crippen molar-refractivity contribution < 1.29 is 19.1 Å². The van der Waals surface area contributed by atoms with Gasteiger partial charge in [0, 0.05) is 35.6 Å². The largest absolute Gasteiger partial charge is 0.462 e. The van der Waals surface area contributed by atoms with Crippen LogP contribution in [0.15, 0.2) is 64.7 Å². The van der Waals surface area contributed by atoms with Crippen molar-refractivity contribution in [3.63, 3.8) is 0 Å². The number of carbonyl (C=O) groups excluding carboxylic acids is 2. The van der Waals surface area contributed by atoms with Crippen LogP contribution in [-0.4, -0.2) is 52.9 Å². The fourth-order valence-electron chi connectivity index (χ4n) is 4.84. The first-order valence-electron chi connectivity index (χ1n) is 12.2. The van der Waals surface area contributed by atoms with E-state index in [1.54, 1.807) is 25.4 Å². The minimum absolute atomic E-state index is 0.0691. The van der Waals surface area contributed by atoms with E-state index >= 15 is 0 Å². The van der Waals surface area contributed by atoms with Gasteiger partial charge < -0.3 is 19.8 Å². The van der Waals surface area contributed by atoms with Crippen LogP contribution in [0.2, 0.25) is 0 Å². The number of hydrogen-bond acceptors (Lipinski definition) is 7. The molecule has 0 saturated carbocycles.